The van der Waals surface area contributed by atoms with Gasteiger partial charge in [0.15, 0.2) is 0 Å². The molecule has 0 fully saturated rings. The summed E-state index contributed by atoms with van der Waals surface area (Å²) in [6, 6.07) is 2.34. The van der Waals surface area contributed by atoms with Gasteiger partial charge in [0.2, 0.25) is 0 Å². The summed E-state index contributed by atoms with van der Waals surface area (Å²) in [6.45, 7) is 4.69. The fourth-order valence-corrected chi connectivity index (χ4v) is 3.21. The van der Waals surface area contributed by atoms with Gasteiger partial charge in [-0.1, -0.05) is 13.8 Å². The Hall–Kier alpha value is -0.300. The molecule has 0 nitrogen and oxygen atoms in total. The van der Waals surface area contributed by atoms with Crippen LogP contribution in [0.15, 0.2) is 11.4 Å². The van der Waals surface area contributed by atoms with Gasteiger partial charge in [0.05, 0.1) is 0 Å². The van der Waals surface area contributed by atoms with Gasteiger partial charge in [0.25, 0.3) is 0 Å². The Bertz CT molecular complexity index is 260. The summed E-state index contributed by atoms with van der Waals surface area (Å²) in [6.07, 6.45) is 4.13. The van der Waals surface area contributed by atoms with Gasteiger partial charge in [0.1, 0.15) is 0 Å². The SMILES string of the molecule is CC(C)[C@@H]1CCCc2sccc21. The van der Waals surface area contributed by atoms with Crippen molar-refractivity contribution in [3.63, 3.8) is 0 Å². The number of rotatable bonds is 1. The molecule has 0 bridgehead atoms. The minimum absolute atomic E-state index is 0.818. The van der Waals surface area contributed by atoms with Crippen molar-refractivity contribution >= 4 is 11.3 Å². The van der Waals surface area contributed by atoms with E-state index in [1.807, 2.05) is 11.3 Å². The molecule has 0 spiro atoms. The average Bonchev–Trinajstić information content (AvgIpc) is 2.49. The highest BCUT2D eigenvalue weighted by molar-refractivity contribution is 7.10. The van der Waals surface area contributed by atoms with Gasteiger partial charge in [-0.05, 0) is 48.1 Å². The van der Waals surface area contributed by atoms with Gasteiger partial charge in [0, 0.05) is 4.88 Å². The summed E-state index contributed by atoms with van der Waals surface area (Å²) in [4.78, 5) is 1.65. The number of hydrogen-bond acceptors (Lipinski definition) is 1. The quantitative estimate of drug-likeness (QED) is 0.616. The first kappa shape index (κ1) is 8.31. The van der Waals surface area contributed by atoms with Crippen molar-refractivity contribution in [2.45, 2.75) is 39.0 Å². The van der Waals surface area contributed by atoms with Crippen molar-refractivity contribution < 1.29 is 0 Å². The molecule has 0 radical (unpaired) electrons. The molecule has 1 atom stereocenters. The molecule has 1 heterocycles. The third-order valence-corrected chi connectivity index (χ3v) is 3.90. The number of thiophene rings is 1. The number of fused-ring (bicyclic) bond motifs is 1. The summed E-state index contributed by atoms with van der Waals surface area (Å²) >= 11 is 1.95. The van der Waals surface area contributed by atoms with Crippen LogP contribution in [0.5, 0.6) is 0 Å². The summed E-state index contributed by atoms with van der Waals surface area (Å²) in [7, 11) is 0. The maximum absolute atomic E-state index is 2.34. The Morgan fingerprint density at radius 3 is 3.08 bits per heavy atom. The molecule has 0 saturated heterocycles. The maximum Gasteiger partial charge on any atom is 0.00801 e. The third-order valence-electron chi connectivity index (χ3n) is 2.90. The highest BCUT2D eigenvalue weighted by atomic mass is 32.1. The third kappa shape index (κ3) is 1.31. The van der Waals surface area contributed by atoms with Crippen molar-refractivity contribution in [1.82, 2.24) is 0 Å². The van der Waals surface area contributed by atoms with Gasteiger partial charge >= 0.3 is 0 Å². The summed E-state index contributed by atoms with van der Waals surface area (Å²) in [5, 5.41) is 2.26. The molecule has 1 heteroatoms. The fourth-order valence-electron chi connectivity index (χ4n) is 2.21. The Morgan fingerprint density at radius 1 is 1.50 bits per heavy atom. The molecule has 0 unspecified atom stereocenters. The first-order valence-corrected chi connectivity index (χ1v) is 5.73. The van der Waals surface area contributed by atoms with E-state index in [1.54, 1.807) is 10.4 Å². The van der Waals surface area contributed by atoms with Crippen LogP contribution in [0, 0.1) is 5.92 Å². The molecule has 1 aliphatic rings. The first-order chi connectivity index (χ1) is 5.79. The molecule has 12 heavy (non-hydrogen) atoms. The van der Waals surface area contributed by atoms with E-state index in [9.17, 15) is 0 Å². The zero-order valence-electron chi connectivity index (χ0n) is 7.84. The molecule has 1 aromatic rings. The van der Waals surface area contributed by atoms with Crippen LogP contribution in [0.1, 0.15) is 43.0 Å². The maximum atomic E-state index is 2.34. The topological polar surface area (TPSA) is 0 Å². The van der Waals surface area contributed by atoms with Crippen LogP contribution in [-0.2, 0) is 6.42 Å². The second-order valence-corrected chi connectivity index (χ2v) is 5.04. The predicted molar refractivity (Wildman–Crippen MR) is 54.8 cm³/mol. The first-order valence-electron chi connectivity index (χ1n) is 4.85. The van der Waals surface area contributed by atoms with Gasteiger partial charge in [-0.3, -0.25) is 0 Å². The molecular formula is C11H16S. The summed E-state index contributed by atoms with van der Waals surface area (Å²) < 4.78 is 0. The molecular weight excluding hydrogens is 164 g/mol. The lowest BCUT2D eigenvalue weighted by Crippen LogP contribution is -2.12. The molecule has 0 aliphatic heterocycles. The predicted octanol–water partition coefficient (Wildman–Crippen LogP) is 3.82. The van der Waals surface area contributed by atoms with E-state index >= 15 is 0 Å². The molecule has 0 aromatic carbocycles. The van der Waals surface area contributed by atoms with Crippen LogP contribution < -0.4 is 0 Å². The molecule has 0 saturated carbocycles. The Kier molecular flexibility index (Phi) is 2.22. The van der Waals surface area contributed by atoms with E-state index in [-0.39, 0.29) is 0 Å². The van der Waals surface area contributed by atoms with Crippen molar-refractivity contribution in [3.05, 3.63) is 21.9 Å². The van der Waals surface area contributed by atoms with E-state index in [2.05, 4.69) is 25.3 Å². The smallest absolute Gasteiger partial charge is 0.00801 e. The minimum atomic E-state index is 0.818. The molecule has 0 N–H and O–H groups in total. The van der Waals surface area contributed by atoms with E-state index in [4.69, 9.17) is 0 Å². The highest BCUT2D eigenvalue weighted by Gasteiger charge is 2.23. The largest absolute Gasteiger partial charge is 0.149 e. The fraction of sp³-hybridized carbons (Fsp3) is 0.636. The zero-order valence-corrected chi connectivity index (χ0v) is 8.66. The van der Waals surface area contributed by atoms with Crippen LogP contribution in [0.3, 0.4) is 0 Å². The Labute approximate surface area is 78.6 Å². The van der Waals surface area contributed by atoms with E-state index in [0.29, 0.717) is 0 Å². The molecule has 1 aromatic heterocycles. The summed E-state index contributed by atoms with van der Waals surface area (Å²) in [5.74, 6) is 1.67. The molecule has 2 rings (SSSR count). The lowest BCUT2D eigenvalue weighted by molar-refractivity contribution is 0.437. The van der Waals surface area contributed by atoms with E-state index in [1.165, 1.54) is 19.3 Å². The monoisotopic (exact) mass is 180 g/mol. The van der Waals surface area contributed by atoms with Crippen LogP contribution in [0.2, 0.25) is 0 Å². The minimum Gasteiger partial charge on any atom is -0.149 e. The Morgan fingerprint density at radius 2 is 2.33 bits per heavy atom. The number of aryl methyl sites for hydroxylation is 1. The van der Waals surface area contributed by atoms with Gasteiger partial charge in [-0.15, -0.1) is 11.3 Å². The van der Waals surface area contributed by atoms with Gasteiger partial charge in [-0.2, -0.15) is 0 Å². The highest BCUT2D eigenvalue weighted by Crippen LogP contribution is 2.38. The number of hydrogen-bond donors (Lipinski definition) is 0. The van der Waals surface area contributed by atoms with Crippen molar-refractivity contribution in [2.75, 3.05) is 0 Å². The van der Waals surface area contributed by atoms with Crippen molar-refractivity contribution in [1.29, 1.82) is 0 Å². The molecule has 66 valence electrons. The molecule has 0 amide bonds. The van der Waals surface area contributed by atoms with Crippen LogP contribution in [0.25, 0.3) is 0 Å². The van der Waals surface area contributed by atoms with E-state index in [0.717, 1.165) is 11.8 Å². The Balaban J connectivity index is 2.31. The van der Waals surface area contributed by atoms with Gasteiger partial charge in [-0.25, -0.2) is 0 Å². The average molecular weight is 180 g/mol. The van der Waals surface area contributed by atoms with E-state index < -0.39 is 0 Å². The standard InChI is InChI=1S/C11H16S/c1-8(2)9-4-3-5-11-10(9)6-7-12-11/h6-9H,3-5H2,1-2H3/t9-/m0/s1. The van der Waals surface area contributed by atoms with Crippen LogP contribution >= 0.6 is 11.3 Å². The normalized spacial score (nSPS) is 22.8. The summed E-state index contributed by atoms with van der Waals surface area (Å²) in [5.41, 5.74) is 1.65. The lowest BCUT2D eigenvalue weighted by Gasteiger charge is -2.25. The lowest BCUT2D eigenvalue weighted by atomic mass is 9.80. The van der Waals surface area contributed by atoms with Crippen molar-refractivity contribution in [3.8, 4) is 0 Å². The molecule has 1 aliphatic carbocycles. The zero-order chi connectivity index (χ0) is 8.55. The van der Waals surface area contributed by atoms with Crippen LogP contribution in [0.4, 0.5) is 0 Å². The van der Waals surface area contributed by atoms with Crippen molar-refractivity contribution in [2.24, 2.45) is 5.92 Å². The van der Waals surface area contributed by atoms with Gasteiger partial charge < -0.3 is 0 Å². The second-order valence-electron chi connectivity index (χ2n) is 4.04. The van der Waals surface area contributed by atoms with Crippen LogP contribution in [-0.4, -0.2) is 0 Å². The second kappa shape index (κ2) is 3.21.